The van der Waals surface area contributed by atoms with Gasteiger partial charge in [0.15, 0.2) is 11.5 Å². The summed E-state index contributed by atoms with van der Waals surface area (Å²) in [6.45, 7) is 4.66. The number of carbonyl (C=O) groups excluding carboxylic acids is 1. The number of ether oxygens (including phenoxy) is 2. The first kappa shape index (κ1) is 16.5. The zero-order valence-electron chi connectivity index (χ0n) is 13.6. The number of methoxy groups -OCH3 is 1. The summed E-state index contributed by atoms with van der Waals surface area (Å²) in [7, 11) is 1.60. The molecule has 2 atom stereocenters. The maximum absolute atomic E-state index is 12.2. The van der Waals surface area contributed by atoms with Gasteiger partial charge in [0.2, 0.25) is 0 Å². The van der Waals surface area contributed by atoms with Crippen LogP contribution in [-0.2, 0) is 0 Å². The van der Waals surface area contributed by atoms with Gasteiger partial charge in [0, 0.05) is 17.8 Å². The van der Waals surface area contributed by atoms with Crippen LogP contribution in [-0.4, -0.2) is 25.8 Å². The summed E-state index contributed by atoms with van der Waals surface area (Å²) in [5, 5.41) is 5.95. The number of anilines is 1. The van der Waals surface area contributed by atoms with E-state index < -0.39 is 0 Å². The maximum Gasteiger partial charge on any atom is 0.319 e. The molecule has 0 aromatic heterocycles. The number of rotatable bonds is 5. The molecular weight excluding hydrogens is 280 g/mol. The van der Waals surface area contributed by atoms with E-state index in [0.29, 0.717) is 29.7 Å². The molecule has 1 aromatic rings. The molecule has 0 radical (unpaired) electrons. The molecule has 0 aliphatic heterocycles. The van der Waals surface area contributed by atoms with Crippen molar-refractivity contribution in [2.45, 2.75) is 45.6 Å². The van der Waals surface area contributed by atoms with E-state index in [0.717, 1.165) is 6.42 Å². The highest BCUT2D eigenvalue weighted by Gasteiger charge is 2.22. The summed E-state index contributed by atoms with van der Waals surface area (Å²) in [6.07, 6.45) is 4.69. The van der Waals surface area contributed by atoms with Crippen LogP contribution >= 0.6 is 0 Å². The Labute approximate surface area is 132 Å². The standard InChI is InChI=1S/C17H26N2O3/c1-4-22-16-11-13(9-10-15(16)21-3)18-17(20)19-14-8-6-5-7-12(14)2/h9-12,14H,4-8H2,1-3H3,(H2,18,19,20). The lowest BCUT2D eigenvalue weighted by molar-refractivity contribution is 0.232. The van der Waals surface area contributed by atoms with Gasteiger partial charge in [-0.3, -0.25) is 0 Å². The molecule has 1 saturated carbocycles. The van der Waals surface area contributed by atoms with Gasteiger partial charge in [0.1, 0.15) is 0 Å². The van der Waals surface area contributed by atoms with Crippen LogP contribution in [0.4, 0.5) is 10.5 Å². The molecule has 0 saturated heterocycles. The van der Waals surface area contributed by atoms with E-state index in [9.17, 15) is 4.79 Å². The molecular formula is C17H26N2O3. The summed E-state index contributed by atoms with van der Waals surface area (Å²) in [5.74, 6) is 1.83. The van der Waals surface area contributed by atoms with Gasteiger partial charge in [-0.15, -0.1) is 0 Å². The topological polar surface area (TPSA) is 59.6 Å². The van der Waals surface area contributed by atoms with E-state index in [2.05, 4.69) is 17.6 Å². The zero-order valence-corrected chi connectivity index (χ0v) is 13.6. The molecule has 22 heavy (non-hydrogen) atoms. The normalized spacial score (nSPS) is 21.0. The van der Waals surface area contributed by atoms with Gasteiger partial charge in [-0.25, -0.2) is 4.79 Å². The van der Waals surface area contributed by atoms with Crippen molar-refractivity contribution in [1.29, 1.82) is 0 Å². The zero-order chi connectivity index (χ0) is 15.9. The Kier molecular flexibility index (Phi) is 5.92. The van der Waals surface area contributed by atoms with Crippen molar-refractivity contribution in [2.24, 2.45) is 5.92 Å². The minimum Gasteiger partial charge on any atom is -0.493 e. The first-order valence-electron chi connectivity index (χ1n) is 8.02. The molecule has 2 unspecified atom stereocenters. The molecule has 1 aliphatic rings. The van der Waals surface area contributed by atoms with Gasteiger partial charge in [-0.05, 0) is 37.8 Å². The number of hydrogen-bond acceptors (Lipinski definition) is 3. The molecule has 2 N–H and O–H groups in total. The van der Waals surface area contributed by atoms with Crippen LogP contribution in [0.3, 0.4) is 0 Å². The minimum atomic E-state index is -0.161. The maximum atomic E-state index is 12.2. The van der Waals surface area contributed by atoms with Gasteiger partial charge in [0.05, 0.1) is 13.7 Å². The molecule has 0 bridgehead atoms. The largest absolute Gasteiger partial charge is 0.493 e. The highest BCUT2D eigenvalue weighted by molar-refractivity contribution is 5.89. The molecule has 0 spiro atoms. The highest BCUT2D eigenvalue weighted by Crippen LogP contribution is 2.30. The third kappa shape index (κ3) is 4.29. The number of carbonyl (C=O) groups is 1. The second-order valence-corrected chi connectivity index (χ2v) is 5.77. The van der Waals surface area contributed by atoms with Crippen molar-refractivity contribution in [2.75, 3.05) is 19.0 Å². The first-order chi connectivity index (χ1) is 10.6. The van der Waals surface area contributed by atoms with Gasteiger partial charge in [-0.2, -0.15) is 0 Å². The number of urea groups is 1. The fourth-order valence-corrected chi connectivity index (χ4v) is 2.89. The van der Waals surface area contributed by atoms with E-state index in [4.69, 9.17) is 9.47 Å². The molecule has 2 rings (SSSR count). The Balaban J connectivity index is 1.97. The lowest BCUT2D eigenvalue weighted by Crippen LogP contribution is -2.43. The van der Waals surface area contributed by atoms with Crippen LogP contribution in [0.1, 0.15) is 39.5 Å². The highest BCUT2D eigenvalue weighted by atomic mass is 16.5. The van der Waals surface area contributed by atoms with Gasteiger partial charge in [-0.1, -0.05) is 19.8 Å². The minimum absolute atomic E-state index is 0.161. The molecule has 122 valence electrons. The number of benzene rings is 1. The fourth-order valence-electron chi connectivity index (χ4n) is 2.89. The van der Waals surface area contributed by atoms with E-state index >= 15 is 0 Å². The molecule has 2 amide bonds. The van der Waals surface area contributed by atoms with Crippen LogP contribution in [0, 0.1) is 5.92 Å². The monoisotopic (exact) mass is 306 g/mol. The van der Waals surface area contributed by atoms with E-state index in [1.807, 2.05) is 13.0 Å². The fraction of sp³-hybridized carbons (Fsp3) is 0.588. The van der Waals surface area contributed by atoms with Crippen LogP contribution < -0.4 is 20.1 Å². The molecule has 5 heteroatoms. The van der Waals surface area contributed by atoms with E-state index in [1.54, 1.807) is 19.2 Å². The summed E-state index contributed by atoms with van der Waals surface area (Å²) >= 11 is 0. The second-order valence-electron chi connectivity index (χ2n) is 5.77. The van der Waals surface area contributed by atoms with Crippen LogP contribution in [0.25, 0.3) is 0 Å². The number of hydrogen-bond donors (Lipinski definition) is 2. The summed E-state index contributed by atoms with van der Waals surface area (Å²) in [6, 6.07) is 5.49. The third-order valence-electron chi connectivity index (χ3n) is 4.15. The van der Waals surface area contributed by atoms with Gasteiger partial charge >= 0.3 is 6.03 Å². The lowest BCUT2D eigenvalue weighted by atomic mass is 9.86. The lowest BCUT2D eigenvalue weighted by Gasteiger charge is -2.29. The Hall–Kier alpha value is -1.91. The van der Waals surface area contributed by atoms with Crippen molar-refractivity contribution in [1.82, 2.24) is 5.32 Å². The SMILES string of the molecule is CCOc1cc(NC(=O)NC2CCCCC2C)ccc1OC. The second kappa shape index (κ2) is 7.92. The van der Waals surface area contributed by atoms with Crippen LogP contribution in [0.15, 0.2) is 18.2 Å². The predicted octanol–water partition coefficient (Wildman–Crippen LogP) is 3.79. The Morgan fingerprint density at radius 3 is 2.73 bits per heavy atom. The molecule has 1 aliphatic carbocycles. The quantitative estimate of drug-likeness (QED) is 0.870. The first-order valence-corrected chi connectivity index (χ1v) is 8.02. The Morgan fingerprint density at radius 2 is 2.05 bits per heavy atom. The van der Waals surface area contributed by atoms with Crippen molar-refractivity contribution >= 4 is 11.7 Å². The molecule has 1 fully saturated rings. The Morgan fingerprint density at radius 1 is 1.27 bits per heavy atom. The van der Waals surface area contributed by atoms with Crippen molar-refractivity contribution in [3.05, 3.63) is 18.2 Å². The number of amides is 2. The Bertz CT molecular complexity index is 505. The molecule has 0 heterocycles. The summed E-state index contributed by atoms with van der Waals surface area (Å²) in [5.41, 5.74) is 0.699. The van der Waals surface area contributed by atoms with Gasteiger partial charge in [0.25, 0.3) is 0 Å². The van der Waals surface area contributed by atoms with Crippen LogP contribution in [0.2, 0.25) is 0 Å². The smallest absolute Gasteiger partial charge is 0.319 e. The van der Waals surface area contributed by atoms with Gasteiger partial charge < -0.3 is 20.1 Å². The number of nitrogens with one attached hydrogen (secondary N) is 2. The predicted molar refractivity (Wildman–Crippen MR) is 87.7 cm³/mol. The third-order valence-corrected chi connectivity index (χ3v) is 4.15. The van der Waals surface area contributed by atoms with E-state index in [1.165, 1.54) is 19.3 Å². The van der Waals surface area contributed by atoms with E-state index in [-0.39, 0.29) is 12.1 Å². The van der Waals surface area contributed by atoms with Crippen molar-refractivity contribution in [3.63, 3.8) is 0 Å². The average molecular weight is 306 g/mol. The summed E-state index contributed by atoms with van der Waals surface area (Å²) < 4.78 is 10.8. The summed E-state index contributed by atoms with van der Waals surface area (Å²) in [4.78, 5) is 12.2. The molecule has 1 aromatic carbocycles. The molecule has 5 nitrogen and oxygen atoms in total. The van der Waals surface area contributed by atoms with Crippen LogP contribution in [0.5, 0.6) is 11.5 Å². The van der Waals surface area contributed by atoms with Crippen molar-refractivity contribution in [3.8, 4) is 11.5 Å². The average Bonchev–Trinajstić information content (AvgIpc) is 2.50. The van der Waals surface area contributed by atoms with Crippen molar-refractivity contribution < 1.29 is 14.3 Å².